The predicted molar refractivity (Wildman–Crippen MR) is 106 cm³/mol. The van der Waals surface area contributed by atoms with E-state index in [1.54, 1.807) is 13.0 Å². The minimum atomic E-state index is -3.65. The number of aromatic nitrogens is 1. The highest BCUT2D eigenvalue weighted by Crippen LogP contribution is 2.35. The van der Waals surface area contributed by atoms with Crippen LogP contribution in [0, 0.1) is 19.8 Å². The summed E-state index contributed by atoms with van der Waals surface area (Å²) >= 11 is 7.52. The van der Waals surface area contributed by atoms with E-state index in [9.17, 15) is 13.2 Å². The number of halogens is 1. The topological polar surface area (TPSA) is 79.4 Å². The first-order valence-electron chi connectivity index (χ1n) is 8.82. The molecule has 0 unspecified atom stereocenters. The molecule has 0 atom stereocenters. The quantitative estimate of drug-likeness (QED) is 0.812. The van der Waals surface area contributed by atoms with Crippen molar-refractivity contribution in [1.82, 2.24) is 9.29 Å². The molecule has 0 spiro atoms. The van der Waals surface area contributed by atoms with Crippen molar-refractivity contribution in [3.63, 3.8) is 0 Å². The highest BCUT2D eigenvalue weighted by Gasteiger charge is 2.33. The molecule has 144 valence electrons. The van der Waals surface area contributed by atoms with Gasteiger partial charge in [-0.2, -0.15) is 4.31 Å². The molecule has 0 radical (unpaired) electrons. The Labute approximate surface area is 167 Å². The number of fused-ring (bicyclic) bond motifs is 1. The largest absolute Gasteiger partial charge is 0.302 e. The lowest BCUT2D eigenvalue weighted by molar-refractivity contribution is -0.117. The Morgan fingerprint density at radius 2 is 2.04 bits per heavy atom. The molecule has 1 saturated carbocycles. The number of hydrogen-bond acceptors (Lipinski definition) is 5. The second kappa shape index (κ2) is 6.84. The van der Waals surface area contributed by atoms with E-state index in [1.165, 1.54) is 21.7 Å². The van der Waals surface area contributed by atoms with Crippen LogP contribution >= 0.6 is 22.9 Å². The highest BCUT2D eigenvalue weighted by atomic mass is 35.5. The molecule has 2 aliphatic rings. The number of hydrogen-bond donors (Lipinski definition) is 1. The van der Waals surface area contributed by atoms with E-state index in [2.05, 4.69) is 10.3 Å². The lowest BCUT2D eigenvalue weighted by Crippen LogP contribution is -2.35. The van der Waals surface area contributed by atoms with Gasteiger partial charge >= 0.3 is 0 Å². The summed E-state index contributed by atoms with van der Waals surface area (Å²) in [5.41, 5.74) is 2.41. The van der Waals surface area contributed by atoms with Gasteiger partial charge in [0.1, 0.15) is 0 Å². The Balaban J connectivity index is 1.57. The fourth-order valence-corrected chi connectivity index (χ4v) is 6.19. The third kappa shape index (κ3) is 3.63. The van der Waals surface area contributed by atoms with Crippen molar-refractivity contribution < 1.29 is 13.2 Å². The van der Waals surface area contributed by atoms with Gasteiger partial charge in [-0.15, -0.1) is 11.3 Å². The third-order valence-corrected chi connectivity index (χ3v) is 8.34. The number of carbonyl (C=O) groups excluding carboxylic acids is 1. The number of nitrogens with zero attached hydrogens (tertiary/aromatic N) is 2. The first kappa shape index (κ1) is 18.9. The molecule has 4 rings (SSSR count). The molecule has 1 aromatic heterocycles. The Bertz CT molecular complexity index is 1030. The standard InChI is InChI=1S/C18H20ClN3O3S2/c1-10-7-11(2)16(8-13(10)19)27(24,25)22-6-5-14-15(9-22)26-18(20-14)21-17(23)12-3-4-12/h7-8,12H,3-6,9H2,1-2H3,(H,20,21,23). The first-order valence-corrected chi connectivity index (χ1v) is 11.5. The zero-order valence-electron chi connectivity index (χ0n) is 15.1. The molecule has 9 heteroatoms. The van der Waals surface area contributed by atoms with Gasteiger partial charge in [0, 0.05) is 28.8 Å². The Morgan fingerprint density at radius 1 is 1.30 bits per heavy atom. The number of nitrogens with one attached hydrogen (secondary N) is 1. The zero-order valence-corrected chi connectivity index (χ0v) is 17.5. The van der Waals surface area contributed by atoms with Crippen LogP contribution in [0.2, 0.25) is 5.02 Å². The number of aryl methyl sites for hydroxylation is 2. The van der Waals surface area contributed by atoms with Gasteiger partial charge in [-0.3, -0.25) is 4.79 Å². The molecule has 1 amide bonds. The minimum Gasteiger partial charge on any atom is -0.302 e. The van der Waals surface area contributed by atoms with Crippen LogP contribution in [0.3, 0.4) is 0 Å². The van der Waals surface area contributed by atoms with Crippen molar-refractivity contribution in [3.8, 4) is 0 Å². The maximum absolute atomic E-state index is 13.1. The average molecular weight is 426 g/mol. The summed E-state index contributed by atoms with van der Waals surface area (Å²) in [4.78, 5) is 17.5. The lowest BCUT2D eigenvalue weighted by atomic mass is 10.2. The molecular weight excluding hydrogens is 406 g/mol. The number of thiazole rings is 1. The van der Waals surface area contributed by atoms with Crippen molar-refractivity contribution in [3.05, 3.63) is 38.9 Å². The summed E-state index contributed by atoms with van der Waals surface area (Å²) in [6.45, 7) is 4.26. The minimum absolute atomic E-state index is 0.00972. The van der Waals surface area contributed by atoms with Crippen molar-refractivity contribution in [2.45, 2.75) is 44.6 Å². The number of amides is 1. The fourth-order valence-electron chi connectivity index (χ4n) is 3.21. The van der Waals surface area contributed by atoms with Gasteiger partial charge in [0.05, 0.1) is 17.1 Å². The monoisotopic (exact) mass is 425 g/mol. The summed E-state index contributed by atoms with van der Waals surface area (Å²) in [6.07, 6.45) is 2.39. The summed E-state index contributed by atoms with van der Waals surface area (Å²) < 4.78 is 27.8. The molecule has 1 fully saturated rings. The number of benzene rings is 1. The molecule has 2 heterocycles. The van der Waals surface area contributed by atoms with E-state index in [0.29, 0.717) is 28.7 Å². The second-order valence-electron chi connectivity index (χ2n) is 7.11. The van der Waals surface area contributed by atoms with Crippen LogP contribution in [0.25, 0.3) is 0 Å². The van der Waals surface area contributed by atoms with Gasteiger partial charge < -0.3 is 5.32 Å². The fraction of sp³-hybridized carbons (Fsp3) is 0.444. The van der Waals surface area contributed by atoms with Gasteiger partial charge in [-0.1, -0.05) is 17.7 Å². The van der Waals surface area contributed by atoms with E-state index < -0.39 is 10.0 Å². The zero-order chi connectivity index (χ0) is 19.3. The van der Waals surface area contributed by atoms with Crippen LogP contribution in [0.4, 0.5) is 5.13 Å². The average Bonchev–Trinajstić information content (AvgIpc) is 3.38. The summed E-state index contributed by atoms with van der Waals surface area (Å²) in [6, 6.07) is 3.33. The highest BCUT2D eigenvalue weighted by molar-refractivity contribution is 7.89. The number of anilines is 1. The van der Waals surface area contributed by atoms with Crippen LogP contribution in [0.1, 0.15) is 34.5 Å². The summed E-state index contributed by atoms with van der Waals surface area (Å²) in [5.74, 6) is 0.118. The third-order valence-electron chi connectivity index (χ3n) is 4.95. The molecule has 1 aliphatic carbocycles. The molecule has 0 saturated heterocycles. The van der Waals surface area contributed by atoms with Crippen molar-refractivity contribution >= 4 is 44.0 Å². The van der Waals surface area contributed by atoms with Gasteiger partial charge in [0.15, 0.2) is 5.13 Å². The molecule has 1 N–H and O–H groups in total. The van der Waals surface area contributed by atoms with Crippen LogP contribution in [-0.2, 0) is 27.8 Å². The Kier molecular flexibility index (Phi) is 4.78. The van der Waals surface area contributed by atoms with E-state index in [4.69, 9.17) is 11.6 Å². The van der Waals surface area contributed by atoms with E-state index in [-0.39, 0.29) is 23.3 Å². The molecule has 1 aliphatic heterocycles. The molecule has 27 heavy (non-hydrogen) atoms. The van der Waals surface area contributed by atoms with E-state index >= 15 is 0 Å². The normalized spacial score (nSPS) is 17.6. The van der Waals surface area contributed by atoms with Crippen molar-refractivity contribution in [1.29, 1.82) is 0 Å². The number of rotatable bonds is 4. The van der Waals surface area contributed by atoms with E-state index in [1.807, 2.05) is 6.92 Å². The second-order valence-corrected chi connectivity index (χ2v) is 10.5. The maximum atomic E-state index is 13.1. The first-order chi connectivity index (χ1) is 12.8. The summed E-state index contributed by atoms with van der Waals surface area (Å²) in [7, 11) is -3.65. The SMILES string of the molecule is Cc1cc(C)c(S(=O)(=O)N2CCc3nc(NC(=O)C4CC4)sc3C2)cc1Cl. The van der Waals surface area contributed by atoms with Crippen LogP contribution in [0.5, 0.6) is 0 Å². The molecule has 1 aromatic carbocycles. The smallest absolute Gasteiger partial charge is 0.243 e. The molecule has 0 bridgehead atoms. The molecule has 6 nitrogen and oxygen atoms in total. The molecule has 2 aromatic rings. The Morgan fingerprint density at radius 3 is 2.74 bits per heavy atom. The Hall–Kier alpha value is -1.48. The summed E-state index contributed by atoms with van der Waals surface area (Å²) in [5, 5.41) is 3.86. The predicted octanol–water partition coefficient (Wildman–Crippen LogP) is 3.51. The van der Waals surface area contributed by atoms with Crippen LogP contribution in [0.15, 0.2) is 17.0 Å². The van der Waals surface area contributed by atoms with Gasteiger partial charge in [-0.05, 0) is 43.9 Å². The van der Waals surface area contributed by atoms with Gasteiger partial charge in [0.25, 0.3) is 0 Å². The van der Waals surface area contributed by atoms with Gasteiger partial charge in [-0.25, -0.2) is 13.4 Å². The maximum Gasteiger partial charge on any atom is 0.243 e. The van der Waals surface area contributed by atoms with E-state index in [0.717, 1.165) is 29.0 Å². The lowest BCUT2D eigenvalue weighted by Gasteiger charge is -2.26. The van der Waals surface area contributed by atoms with Crippen LogP contribution < -0.4 is 5.32 Å². The number of carbonyl (C=O) groups is 1. The molecular formula is C18H20ClN3O3S2. The number of sulfonamides is 1. The van der Waals surface area contributed by atoms with Crippen LogP contribution in [-0.4, -0.2) is 30.2 Å². The van der Waals surface area contributed by atoms with Crippen molar-refractivity contribution in [2.24, 2.45) is 5.92 Å². The van der Waals surface area contributed by atoms with Crippen molar-refractivity contribution in [2.75, 3.05) is 11.9 Å². The van der Waals surface area contributed by atoms with Gasteiger partial charge in [0.2, 0.25) is 15.9 Å².